The van der Waals surface area contributed by atoms with Gasteiger partial charge in [0.25, 0.3) is 5.91 Å². The average molecular weight is 669 g/mol. The molecule has 2 aromatic rings. The van der Waals surface area contributed by atoms with Crippen LogP contribution in [-0.2, 0) is 31.1 Å². The summed E-state index contributed by atoms with van der Waals surface area (Å²) in [6.07, 6.45) is 10.7. The van der Waals surface area contributed by atoms with E-state index in [1.165, 1.54) is 11.1 Å². The minimum absolute atomic E-state index is 0.0472. The number of hydrogen-bond acceptors (Lipinski definition) is 6. The van der Waals surface area contributed by atoms with E-state index in [0.29, 0.717) is 43.9 Å². The van der Waals surface area contributed by atoms with Gasteiger partial charge in [-0.1, -0.05) is 36.7 Å². The van der Waals surface area contributed by atoms with Crippen molar-refractivity contribution in [2.24, 2.45) is 11.8 Å². The maximum atomic E-state index is 13.8. The molecule has 1 saturated carbocycles. The summed E-state index contributed by atoms with van der Waals surface area (Å²) in [7, 11) is -2.93. The lowest BCUT2D eigenvalue weighted by Crippen LogP contribution is -2.49. The smallest absolute Gasteiger partial charge is 0.305 e. The Labute approximate surface area is 277 Å². The monoisotopic (exact) mass is 668 g/mol. The van der Waals surface area contributed by atoms with Gasteiger partial charge in [0.15, 0.2) is 0 Å². The number of ether oxygens (including phenoxy) is 2. The number of halogens is 1. The van der Waals surface area contributed by atoms with Crippen molar-refractivity contribution in [3.05, 3.63) is 70.3 Å². The average Bonchev–Trinajstić information content (AvgIpc) is 3.15. The summed E-state index contributed by atoms with van der Waals surface area (Å²) < 4.78 is 29.4. The topological polar surface area (TPSA) is 105 Å². The van der Waals surface area contributed by atoms with Crippen LogP contribution in [0, 0.1) is 11.8 Å². The maximum absolute atomic E-state index is 13.8. The predicted octanol–water partition coefficient (Wildman–Crippen LogP) is 6.19. The van der Waals surface area contributed by atoms with Gasteiger partial charge in [-0.05, 0) is 111 Å². The fourth-order valence-corrected chi connectivity index (χ4v) is 9.72. The number of nitrogens with one attached hydrogen (secondary N) is 1. The molecule has 0 radical (unpaired) electrons. The number of aryl methyl sites for hydroxylation is 1. The Balaban J connectivity index is 1.40. The van der Waals surface area contributed by atoms with Gasteiger partial charge < -0.3 is 19.5 Å². The number of amides is 1. The highest BCUT2D eigenvalue weighted by Gasteiger charge is 2.44. The van der Waals surface area contributed by atoms with Crippen LogP contribution in [0.4, 0.5) is 5.69 Å². The molecule has 2 heterocycles. The Morgan fingerprint density at radius 3 is 2.85 bits per heavy atom. The minimum Gasteiger partial charge on any atom is -0.490 e. The lowest BCUT2D eigenvalue weighted by Gasteiger charge is -2.46. The first kappa shape index (κ1) is 32.9. The summed E-state index contributed by atoms with van der Waals surface area (Å²) in [5.74, 6) is 3.97. The van der Waals surface area contributed by atoms with Crippen molar-refractivity contribution in [1.29, 1.82) is 0 Å². The van der Waals surface area contributed by atoms with Gasteiger partial charge >= 0.3 is 5.97 Å². The molecule has 2 bridgehead atoms. The van der Waals surface area contributed by atoms with Crippen molar-refractivity contribution in [1.82, 2.24) is 4.72 Å². The van der Waals surface area contributed by atoms with Crippen LogP contribution >= 0.6 is 11.6 Å². The molecule has 1 amide bonds. The summed E-state index contributed by atoms with van der Waals surface area (Å²) in [4.78, 5) is 27.3. The molecule has 1 unspecified atom stereocenters. The Kier molecular flexibility index (Phi) is 9.74. The molecule has 248 valence electrons. The number of carboxylic acids is 1. The molecular formula is C36H45ClN2O6S. The highest BCUT2D eigenvalue weighted by molar-refractivity contribution is 7.99. The van der Waals surface area contributed by atoms with E-state index in [0.717, 1.165) is 55.1 Å². The van der Waals surface area contributed by atoms with Gasteiger partial charge in [-0.3, -0.25) is 14.3 Å². The SMILES string of the molecule is C=S1(=O)NC(=O)c2ccc3c(c2)N(C[C@@H]2CC[C@H]2[C@@H](OCCC(=O)O)/C=C/CC[C@H]1CC)C[C@@]1(CCCc2cc(Cl)ccc21)CO3. The van der Waals surface area contributed by atoms with E-state index >= 15 is 0 Å². The second kappa shape index (κ2) is 13.6. The first-order chi connectivity index (χ1) is 22.1. The number of fused-ring (bicyclic) bond motifs is 4. The molecule has 2 N–H and O–H groups in total. The zero-order chi connectivity index (χ0) is 32.5. The second-order valence-electron chi connectivity index (χ2n) is 13.5. The van der Waals surface area contributed by atoms with E-state index in [1.807, 2.05) is 25.1 Å². The number of nitrogens with zero attached hydrogens (tertiary/aromatic N) is 1. The number of benzene rings is 2. The normalized spacial score (nSPS) is 31.8. The fraction of sp³-hybridized carbons (Fsp3) is 0.528. The molecule has 2 aliphatic heterocycles. The summed E-state index contributed by atoms with van der Waals surface area (Å²) in [6.45, 7) is 4.08. The third-order valence-electron chi connectivity index (χ3n) is 10.5. The molecule has 2 aromatic carbocycles. The Bertz CT molecular complexity index is 1610. The van der Waals surface area contributed by atoms with Gasteiger partial charge in [0.05, 0.1) is 41.1 Å². The highest BCUT2D eigenvalue weighted by Crippen LogP contribution is 2.47. The zero-order valence-corrected chi connectivity index (χ0v) is 28.1. The van der Waals surface area contributed by atoms with Gasteiger partial charge in [-0.15, -0.1) is 0 Å². The number of aliphatic carboxylic acids is 1. The first-order valence-electron chi connectivity index (χ1n) is 16.6. The number of hydrogen-bond donors (Lipinski definition) is 2. The molecule has 1 fully saturated rings. The maximum Gasteiger partial charge on any atom is 0.305 e. The third-order valence-corrected chi connectivity index (χ3v) is 12.9. The van der Waals surface area contributed by atoms with Gasteiger partial charge in [0.1, 0.15) is 5.75 Å². The molecule has 1 spiro atoms. The third kappa shape index (κ3) is 6.83. The van der Waals surface area contributed by atoms with Crippen molar-refractivity contribution in [2.45, 2.75) is 81.5 Å². The van der Waals surface area contributed by atoms with Crippen LogP contribution in [0.25, 0.3) is 0 Å². The Morgan fingerprint density at radius 1 is 1.24 bits per heavy atom. The highest BCUT2D eigenvalue weighted by atomic mass is 35.5. The molecule has 0 saturated heterocycles. The number of rotatable bonds is 5. The van der Waals surface area contributed by atoms with E-state index in [-0.39, 0.29) is 35.7 Å². The number of anilines is 1. The van der Waals surface area contributed by atoms with Crippen LogP contribution in [-0.4, -0.2) is 64.7 Å². The molecule has 2 aliphatic carbocycles. The van der Waals surface area contributed by atoms with Gasteiger partial charge in [0, 0.05) is 34.3 Å². The molecule has 0 aromatic heterocycles. The molecule has 6 atom stereocenters. The molecule has 10 heteroatoms. The summed E-state index contributed by atoms with van der Waals surface area (Å²) in [6, 6.07) is 11.7. The Morgan fingerprint density at radius 2 is 2.09 bits per heavy atom. The van der Waals surface area contributed by atoms with E-state index in [9.17, 15) is 18.9 Å². The van der Waals surface area contributed by atoms with E-state index in [2.05, 4.69) is 39.8 Å². The lowest BCUT2D eigenvalue weighted by atomic mass is 9.68. The predicted molar refractivity (Wildman–Crippen MR) is 184 cm³/mol. The minimum atomic E-state index is -2.93. The quantitative estimate of drug-likeness (QED) is 0.289. The number of carboxylic acid groups (broad SMARTS) is 1. The van der Waals surface area contributed by atoms with Crippen molar-refractivity contribution >= 4 is 44.7 Å². The van der Waals surface area contributed by atoms with Crippen molar-refractivity contribution < 1.29 is 28.4 Å². The first-order valence-corrected chi connectivity index (χ1v) is 18.7. The standard InChI is InChI=1S/C36H45ClN2O6S/c1-3-28-8-4-5-9-32(44-18-16-34(40)41)29-13-10-26(29)21-39-22-36(17-6-7-24-19-27(37)12-14-30(24)36)23-45-33-15-11-25(20-31(33)39)35(42)38-46(28,2)43/h5,9,11-12,14-15,19-20,26,28-29,32H,2-4,6-8,10,13,16-18,21-23H2,1H3,(H,40,41)(H,38,42,43)/b9-5+/t26-,28+,29+,32-,36-,46?/m0/s1. The van der Waals surface area contributed by atoms with Gasteiger partial charge in [-0.25, -0.2) is 4.21 Å². The van der Waals surface area contributed by atoms with Crippen LogP contribution < -0.4 is 14.4 Å². The Hall–Kier alpha value is -3.01. The molecular weight excluding hydrogens is 624 g/mol. The van der Waals surface area contributed by atoms with Crippen LogP contribution in [0.15, 0.2) is 48.6 Å². The number of carbonyl (C=O) groups excluding carboxylic acids is 1. The van der Waals surface area contributed by atoms with E-state index in [4.69, 9.17) is 21.1 Å². The zero-order valence-electron chi connectivity index (χ0n) is 26.5. The van der Waals surface area contributed by atoms with Crippen LogP contribution in [0.1, 0.15) is 79.8 Å². The van der Waals surface area contributed by atoms with Crippen molar-refractivity contribution in [2.75, 3.05) is 31.2 Å². The molecule has 46 heavy (non-hydrogen) atoms. The van der Waals surface area contributed by atoms with Crippen molar-refractivity contribution in [3.8, 4) is 5.75 Å². The van der Waals surface area contributed by atoms with Gasteiger partial charge in [-0.2, -0.15) is 0 Å². The van der Waals surface area contributed by atoms with E-state index < -0.39 is 21.6 Å². The molecule has 8 nitrogen and oxygen atoms in total. The number of carbonyl (C=O) groups is 2. The number of allylic oxidation sites excluding steroid dienone is 1. The summed E-state index contributed by atoms with van der Waals surface area (Å²) in [5.41, 5.74) is 3.55. The van der Waals surface area contributed by atoms with Crippen LogP contribution in [0.5, 0.6) is 5.75 Å². The summed E-state index contributed by atoms with van der Waals surface area (Å²) >= 11 is 6.43. The molecule has 4 aliphatic rings. The van der Waals surface area contributed by atoms with Gasteiger partial charge in [0.2, 0.25) is 0 Å². The fourth-order valence-electron chi connectivity index (χ4n) is 7.87. The van der Waals surface area contributed by atoms with Crippen molar-refractivity contribution in [3.63, 3.8) is 0 Å². The second-order valence-corrected chi connectivity index (χ2v) is 16.2. The van der Waals surface area contributed by atoms with Crippen LogP contribution in [0.3, 0.4) is 0 Å². The van der Waals surface area contributed by atoms with E-state index in [1.54, 1.807) is 6.07 Å². The van der Waals surface area contributed by atoms with Crippen LogP contribution in [0.2, 0.25) is 5.02 Å². The lowest BCUT2D eigenvalue weighted by molar-refractivity contribution is -0.139. The molecule has 6 rings (SSSR count). The largest absolute Gasteiger partial charge is 0.490 e. The summed E-state index contributed by atoms with van der Waals surface area (Å²) in [5, 5.41) is 9.71.